The Balaban J connectivity index is 1.47. The number of aryl methyl sites for hydroxylation is 2. The Labute approximate surface area is 199 Å². The molecule has 1 aliphatic heterocycles. The minimum Gasteiger partial charge on any atom is -0.497 e. The molecule has 3 amide bonds. The molecule has 1 N–H and O–H groups in total. The third-order valence-electron chi connectivity index (χ3n) is 6.47. The molecule has 0 saturated carbocycles. The maximum Gasteiger partial charge on any atom is 0.325 e. The molecule has 176 valence electrons. The number of rotatable bonds is 8. The highest BCUT2D eigenvalue weighted by atomic mass is 16.5. The van der Waals surface area contributed by atoms with Crippen LogP contribution in [0.15, 0.2) is 60.7 Å². The van der Waals surface area contributed by atoms with Gasteiger partial charge in [0, 0.05) is 22.6 Å². The summed E-state index contributed by atoms with van der Waals surface area (Å²) in [6, 6.07) is 18.6. The van der Waals surface area contributed by atoms with Gasteiger partial charge in [-0.25, -0.2) is 4.79 Å². The van der Waals surface area contributed by atoms with Gasteiger partial charge in [0.2, 0.25) is 0 Å². The van der Waals surface area contributed by atoms with Crippen LogP contribution in [0.2, 0.25) is 0 Å². The molecule has 1 fully saturated rings. The molecule has 34 heavy (non-hydrogen) atoms. The number of urea groups is 1. The Morgan fingerprint density at radius 3 is 2.35 bits per heavy atom. The number of nitrogens with zero attached hydrogens (tertiary/aromatic N) is 2. The van der Waals surface area contributed by atoms with E-state index in [0.717, 1.165) is 33.3 Å². The Hall–Kier alpha value is -3.87. The summed E-state index contributed by atoms with van der Waals surface area (Å²) >= 11 is 0. The SMILES string of the molecule is COc1ccc(CC[C@]2(C)NC(=O)N(CC(=O)c3cc(C)n(-c4ccccc4)c3C)C2=O)cc1. The van der Waals surface area contributed by atoms with E-state index in [1.165, 1.54) is 0 Å². The van der Waals surface area contributed by atoms with Gasteiger partial charge >= 0.3 is 6.03 Å². The predicted molar refractivity (Wildman–Crippen MR) is 130 cm³/mol. The third-order valence-corrected chi connectivity index (χ3v) is 6.47. The van der Waals surface area contributed by atoms with Crippen molar-refractivity contribution in [3.8, 4) is 11.4 Å². The maximum atomic E-state index is 13.2. The summed E-state index contributed by atoms with van der Waals surface area (Å²) in [5, 5.41) is 2.79. The first-order valence-corrected chi connectivity index (χ1v) is 11.3. The normalized spacial score (nSPS) is 17.7. The van der Waals surface area contributed by atoms with Crippen molar-refractivity contribution in [2.75, 3.05) is 13.7 Å². The van der Waals surface area contributed by atoms with Crippen LogP contribution in [0.4, 0.5) is 4.79 Å². The van der Waals surface area contributed by atoms with Gasteiger partial charge in [0.1, 0.15) is 11.3 Å². The highest BCUT2D eigenvalue weighted by Crippen LogP contribution is 2.26. The van der Waals surface area contributed by atoms with Crippen molar-refractivity contribution in [3.63, 3.8) is 0 Å². The van der Waals surface area contributed by atoms with E-state index in [2.05, 4.69) is 5.32 Å². The number of para-hydroxylation sites is 1. The Bertz CT molecular complexity index is 1230. The predicted octanol–water partition coefficient (Wildman–Crippen LogP) is 4.23. The van der Waals surface area contributed by atoms with Crippen molar-refractivity contribution in [1.82, 2.24) is 14.8 Å². The van der Waals surface area contributed by atoms with E-state index in [-0.39, 0.29) is 18.2 Å². The Morgan fingerprint density at radius 2 is 1.71 bits per heavy atom. The van der Waals surface area contributed by atoms with Gasteiger partial charge in [-0.3, -0.25) is 14.5 Å². The van der Waals surface area contributed by atoms with Gasteiger partial charge in [0.15, 0.2) is 5.78 Å². The van der Waals surface area contributed by atoms with E-state index in [9.17, 15) is 14.4 Å². The number of ketones is 1. The molecule has 1 aromatic heterocycles. The molecule has 4 rings (SSSR count). The van der Waals surface area contributed by atoms with E-state index >= 15 is 0 Å². The number of hydrogen-bond acceptors (Lipinski definition) is 4. The molecule has 0 radical (unpaired) electrons. The summed E-state index contributed by atoms with van der Waals surface area (Å²) < 4.78 is 7.17. The summed E-state index contributed by atoms with van der Waals surface area (Å²) in [5.74, 6) is 0.117. The highest BCUT2D eigenvalue weighted by molar-refractivity contribution is 6.11. The van der Waals surface area contributed by atoms with Crippen molar-refractivity contribution >= 4 is 17.7 Å². The summed E-state index contributed by atoms with van der Waals surface area (Å²) in [4.78, 5) is 40.0. The first-order valence-electron chi connectivity index (χ1n) is 11.3. The number of carbonyl (C=O) groups is 3. The molecular formula is C27H29N3O4. The van der Waals surface area contributed by atoms with Gasteiger partial charge in [0.25, 0.3) is 5.91 Å². The number of methoxy groups -OCH3 is 1. The minimum absolute atomic E-state index is 0.266. The average molecular weight is 460 g/mol. The van der Waals surface area contributed by atoms with Crippen LogP contribution in [-0.4, -0.2) is 46.4 Å². The fourth-order valence-corrected chi connectivity index (χ4v) is 4.49. The fourth-order valence-electron chi connectivity index (χ4n) is 4.49. The smallest absolute Gasteiger partial charge is 0.325 e. The van der Waals surface area contributed by atoms with Gasteiger partial charge in [-0.15, -0.1) is 0 Å². The average Bonchev–Trinajstić information content (AvgIpc) is 3.25. The molecule has 1 saturated heterocycles. The number of hydrogen-bond donors (Lipinski definition) is 1. The summed E-state index contributed by atoms with van der Waals surface area (Å²) in [7, 11) is 1.61. The third kappa shape index (κ3) is 4.33. The zero-order valence-corrected chi connectivity index (χ0v) is 19.9. The van der Waals surface area contributed by atoms with E-state index in [1.807, 2.05) is 79.1 Å². The van der Waals surface area contributed by atoms with Crippen molar-refractivity contribution in [1.29, 1.82) is 0 Å². The molecule has 3 aromatic rings. The van der Waals surface area contributed by atoms with Crippen LogP contribution in [0, 0.1) is 13.8 Å². The second kappa shape index (κ2) is 9.17. The minimum atomic E-state index is -1.06. The van der Waals surface area contributed by atoms with Crippen LogP contribution in [0.5, 0.6) is 5.75 Å². The van der Waals surface area contributed by atoms with Crippen LogP contribution in [0.1, 0.15) is 40.7 Å². The van der Waals surface area contributed by atoms with Crippen LogP contribution >= 0.6 is 0 Å². The largest absolute Gasteiger partial charge is 0.497 e. The van der Waals surface area contributed by atoms with Gasteiger partial charge in [-0.2, -0.15) is 0 Å². The number of ether oxygens (including phenoxy) is 1. The second-order valence-electron chi connectivity index (χ2n) is 8.88. The highest BCUT2D eigenvalue weighted by Gasteiger charge is 2.48. The van der Waals surface area contributed by atoms with E-state index < -0.39 is 11.6 Å². The number of imide groups is 1. The van der Waals surface area contributed by atoms with Crippen molar-refractivity contribution in [2.45, 2.75) is 39.2 Å². The van der Waals surface area contributed by atoms with E-state index in [0.29, 0.717) is 18.4 Å². The number of Topliss-reactive ketones (excluding diaryl/α,β-unsaturated/α-hetero) is 1. The molecule has 7 nitrogen and oxygen atoms in total. The molecule has 0 bridgehead atoms. The maximum absolute atomic E-state index is 13.2. The molecule has 7 heteroatoms. The zero-order chi connectivity index (χ0) is 24.5. The standard InChI is InChI=1S/C27H29N3O4/c1-18-16-23(19(2)30(18)21-8-6-5-7-9-21)24(31)17-29-25(32)27(3,28-26(29)33)15-14-20-10-12-22(34-4)13-11-20/h5-13,16H,14-15,17H2,1-4H3,(H,28,33)/t27-/m0/s1. The molecule has 1 atom stereocenters. The first-order chi connectivity index (χ1) is 16.2. The second-order valence-corrected chi connectivity index (χ2v) is 8.88. The lowest BCUT2D eigenvalue weighted by Gasteiger charge is -2.21. The van der Waals surface area contributed by atoms with E-state index in [4.69, 9.17) is 4.74 Å². The quantitative estimate of drug-likeness (QED) is 0.404. The van der Waals surface area contributed by atoms with Gasteiger partial charge in [-0.05, 0) is 69.5 Å². The van der Waals surface area contributed by atoms with Crippen molar-refractivity contribution in [2.24, 2.45) is 0 Å². The lowest BCUT2D eigenvalue weighted by molar-refractivity contribution is -0.130. The zero-order valence-electron chi connectivity index (χ0n) is 19.9. The molecule has 2 heterocycles. The van der Waals surface area contributed by atoms with Gasteiger partial charge in [0.05, 0.1) is 13.7 Å². The Kier molecular flexibility index (Phi) is 6.28. The number of benzene rings is 2. The molecule has 0 spiro atoms. The number of nitrogens with one attached hydrogen (secondary N) is 1. The summed E-state index contributed by atoms with van der Waals surface area (Å²) in [6.07, 6.45) is 1.03. The van der Waals surface area contributed by atoms with Crippen molar-refractivity contribution in [3.05, 3.63) is 83.2 Å². The monoisotopic (exact) mass is 459 g/mol. The number of amides is 3. The first kappa shape index (κ1) is 23.3. The van der Waals surface area contributed by atoms with Crippen LogP contribution in [0.25, 0.3) is 5.69 Å². The van der Waals surface area contributed by atoms with Crippen molar-refractivity contribution < 1.29 is 19.1 Å². The molecule has 2 aromatic carbocycles. The fraction of sp³-hybridized carbons (Fsp3) is 0.296. The van der Waals surface area contributed by atoms with Gasteiger partial charge in [-0.1, -0.05) is 30.3 Å². The number of aromatic nitrogens is 1. The summed E-state index contributed by atoms with van der Waals surface area (Å²) in [5.41, 5.74) is 3.13. The molecular weight excluding hydrogens is 430 g/mol. The summed E-state index contributed by atoms with van der Waals surface area (Å²) in [6.45, 7) is 5.23. The van der Waals surface area contributed by atoms with Crippen LogP contribution in [0.3, 0.4) is 0 Å². The number of carbonyl (C=O) groups excluding carboxylic acids is 3. The van der Waals surface area contributed by atoms with Gasteiger partial charge < -0.3 is 14.6 Å². The van der Waals surface area contributed by atoms with Crippen LogP contribution < -0.4 is 10.1 Å². The molecule has 0 unspecified atom stereocenters. The van der Waals surface area contributed by atoms with Crippen LogP contribution in [-0.2, 0) is 11.2 Å². The molecule has 1 aliphatic rings. The lowest BCUT2D eigenvalue weighted by atomic mass is 9.93. The topological polar surface area (TPSA) is 80.6 Å². The molecule has 0 aliphatic carbocycles. The Morgan fingerprint density at radius 1 is 1.03 bits per heavy atom. The lowest BCUT2D eigenvalue weighted by Crippen LogP contribution is -2.44. The van der Waals surface area contributed by atoms with E-state index in [1.54, 1.807) is 14.0 Å².